The first-order valence-corrected chi connectivity index (χ1v) is 7.04. The summed E-state index contributed by atoms with van der Waals surface area (Å²) in [5.41, 5.74) is 0.578. The first-order chi connectivity index (χ1) is 9.58. The van der Waals surface area contributed by atoms with Crippen LogP contribution < -0.4 is 20.1 Å². The third kappa shape index (κ3) is 2.33. The Balaban J connectivity index is 1.70. The highest BCUT2D eigenvalue weighted by atomic mass is 16.7. The molecule has 2 aliphatic heterocycles. The van der Waals surface area contributed by atoms with Crippen LogP contribution in [0.3, 0.4) is 0 Å². The van der Waals surface area contributed by atoms with E-state index in [0.717, 1.165) is 36.4 Å². The maximum absolute atomic E-state index is 12.4. The van der Waals surface area contributed by atoms with Gasteiger partial charge in [0.1, 0.15) is 0 Å². The molecule has 1 amide bonds. The van der Waals surface area contributed by atoms with Gasteiger partial charge in [0.25, 0.3) is 0 Å². The Morgan fingerprint density at radius 1 is 1.40 bits per heavy atom. The quantitative estimate of drug-likeness (QED) is 0.883. The van der Waals surface area contributed by atoms with E-state index in [9.17, 15) is 4.79 Å². The third-order valence-corrected chi connectivity index (χ3v) is 4.11. The molecule has 2 N–H and O–H groups in total. The molecule has 3 rings (SSSR count). The second-order valence-corrected chi connectivity index (χ2v) is 5.67. The average molecular weight is 276 g/mol. The van der Waals surface area contributed by atoms with Gasteiger partial charge >= 0.3 is 0 Å². The van der Waals surface area contributed by atoms with Crippen LogP contribution in [0, 0.1) is 0 Å². The summed E-state index contributed by atoms with van der Waals surface area (Å²) < 4.78 is 10.7. The van der Waals surface area contributed by atoms with Crippen molar-refractivity contribution in [2.75, 3.05) is 13.3 Å². The minimum Gasteiger partial charge on any atom is -0.454 e. The van der Waals surface area contributed by atoms with Crippen LogP contribution in [-0.2, 0) is 4.79 Å². The van der Waals surface area contributed by atoms with Crippen LogP contribution in [0.1, 0.15) is 38.3 Å². The van der Waals surface area contributed by atoms with Crippen LogP contribution in [0.2, 0.25) is 0 Å². The van der Waals surface area contributed by atoms with Gasteiger partial charge in [-0.25, -0.2) is 0 Å². The predicted octanol–water partition coefficient (Wildman–Crippen LogP) is 1.73. The molecule has 0 bridgehead atoms. The van der Waals surface area contributed by atoms with Crippen molar-refractivity contribution in [3.05, 3.63) is 23.8 Å². The molecule has 1 aromatic carbocycles. The second kappa shape index (κ2) is 4.98. The fourth-order valence-electron chi connectivity index (χ4n) is 2.71. The van der Waals surface area contributed by atoms with Gasteiger partial charge in [0.05, 0.1) is 11.6 Å². The largest absolute Gasteiger partial charge is 0.454 e. The Bertz CT molecular complexity index is 524. The first-order valence-electron chi connectivity index (χ1n) is 7.04. The lowest BCUT2D eigenvalue weighted by Gasteiger charge is -2.26. The number of rotatable bonds is 3. The van der Waals surface area contributed by atoms with Crippen LogP contribution in [-0.4, -0.2) is 24.8 Å². The molecule has 5 nitrogen and oxygen atoms in total. The SMILES string of the molecule is CC(NC(=O)C1(C)CCCN1)c1ccc2c(c1)OCO2. The number of amides is 1. The molecule has 0 saturated carbocycles. The summed E-state index contributed by atoms with van der Waals surface area (Å²) in [7, 11) is 0. The fraction of sp³-hybridized carbons (Fsp3) is 0.533. The molecule has 2 unspecified atom stereocenters. The van der Waals surface area contributed by atoms with Crippen molar-refractivity contribution >= 4 is 5.91 Å². The maximum atomic E-state index is 12.4. The molecule has 0 spiro atoms. The fourth-order valence-corrected chi connectivity index (χ4v) is 2.71. The molecule has 2 heterocycles. The topological polar surface area (TPSA) is 59.6 Å². The number of hydrogen-bond donors (Lipinski definition) is 2. The lowest BCUT2D eigenvalue weighted by atomic mass is 9.98. The summed E-state index contributed by atoms with van der Waals surface area (Å²) in [6.07, 6.45) is 1.93. The minimum atomic E-state index is -0.440. The Labute approximate surface area is 118 Å². The van der Waals surface area contributed by atoms with Gasteiger partial charge in [-0.05, 0) is 50.9 Å². The van der Waals surface area contributed by atoms with Crippen molar-refractivity contribution in [1.29, 1.82) is 0 Å². The molecule has 1 aromatic rings. The van der Waals surface area contributed by atoms with Crippen molar-refractivity contribution in [2.45, 2.75) is 38.3 Å². The van der Waals surface area contributed by atoms with E-state index < -0.39 is 5.54 Å². The van der Waals surface area contributed by atoms with Gasteiger partial charge in [-0.2, -0.15) is 0 Å². The molecule has 2 aliphatic rings. The van der Waals surface area contributed by atoms with E-state index >= 15 is 0 Å². The molecule has 2 atom stereocenters. The van der Waals surface area contributed by atoms with E-state index in [1.54, 1.807) is 0 Å². The van der Waals surface area contributed by atoms with E-state index in [4.69, 9.17) is 9.47 Å². The molecular formula is C15H20N2O3. The first kappa shape index (κ1) is 13.2. The van der Waals surface area contributed by atoms with E-state index in [0.29, 0.717) is 0 Å². The standard InChI is InChI=1S/C15H20N2O3/c1-10(17-14(18)15(2)6-3-7-16-15)11-4-5-12-13(8-11)20-9-19-12/h4-5,8,10,16H,3,6-7,9H2,1-2H3,(H,17,18). The van der Waals surface area contributed by atoms with Gasteiger partial charge in [0.15, 0.2) is 11.5 Å². The van der Waals surface area contributed by atoms with Gasteiger partial charge in [-0.1, -0.05) is 6.07 Å². The molecule has 1 saturated heterocycles. The molecular weight excluding hydrogens is 256 g/mol. The molecule has 20 heavy (non-hydrogen) atoms. The Hall–Kier alpha value is -1.75. The zero-order valence-corrected chi connectivity index (χ0v) is 11.9. The summed E-state index contributed by atoms with van der Waals surface area (Å²) in [6, 6.07) is 5.72. The van der Waals surface area contributed by atoms with Gasteiger partial charge in [0, 0.05) is 0 Å². The summed E-state index contributed by atoms with van der Waals surface area (Å²) in [6.45, 7) is 5.11. The van der Waals surface area contributed by atoms with E-state index in [2.05, 4.69) is 10.6 Å². The summed E-state index contributed by atoms with van der Waals surface area (Å²) >= 11 is 0. The number of hydrogen-bond acceptors (Lipinski definition) is 4. The highest BCUT2D eigenvalue weighted by Gasteiger charge is 2.36. The van der Waals surface area contributed by atoms with E-state index in [1.165, 1.54) is 0 Å². The van der Waals surface area contributed by atoms with Crippen molar-refractivity contribution in [3.8, 4) is 11.5 Å². The monoisotopic (exact) mass is 276 g/mol. The van der Waals surface area contributed by atoms with Gasteiger partial charge in [-0.3, -0.25) is 4.79 Å². The number of benzene rings is 1. The molecule has 5 heteroatoms. The number of carbonyl (C=O) groups is 1. The summed E-state index contributed by atoms with van der Waals surface area (Å²) in [5, 5.41) is 6.35. The Morgan fingerprint density at radius 2 is 2.20 bits per heavy atom. The normalized spacial score (nSPS) is 25.5. The van der Waals surface area contributed by atoms with Crippen molar-refractivity contribution in [1.82, 2.24) is 10.6 Å². The predicted molar refractivity (Wildman–Crippen MR) is 74.8 cm³/mol. The highest BCUT2D eigenvalue weighted by Crippen LogP contribution is 2.34. The Morgan fingerprint density at radius 3 is 2.95 bits per heavy atom. The van der Waals surface area contributed by atoms with Crippen molar-refractivity contribution in [3.63, 3.8) is 0 Å². The zero-order chi connectivity index (χ0) is 14.2. The van der Waals surface area contributed by atoms with Crippen molar-refractivity contribution < 1.29 is 14.3 Å². The minimum absolute atomic E-state index is 0.0557. The third-order valence-electron chi connectivity index (χ3n) is 4.11. The van der Waals surface area contributed by atoms with Crippen molar-refractivity contribution in [2.24, 2.45) is 0 Å². The average Bonchev–Trinajstić information content (AvgIpc) is 3.06. The lowest BCUT2D eigenvalue weighted by Crippen LogP contribution is -2.51. The maximum Gasteiger partial charge on any atom is 0.240 e. The van der Waals surface area contributed by atoms with E-state index in [-0.39, 0.29) is 18.7 Å². The van der Waals surface area contributed by atoms with Crippen LogP contribution in [0.15, 0.2) is 18.2 Å². The van der Waals surface area contributed by atoms with Gasteiger partial charge < -0.3 is 20.1 Å². The highest BCUT2D eigenvalue weighted by molar-refractivity contribution is 5.86. The Kier molecular flexibility index (Phi) is 3.30. The van der Waals surface area contributed by atoms with Gasteiger partial charge in [0.2, 0.25) is 12.7 Å². The smallest absolute Gasteiger partial charge is 0.240 e. The van der Waals surface area contributed by atoms with Crippen LogP contribution in [0.5, 0.6) is 11.5 Å². The second-order valence-electron chi connectivity index (χ2n) is 5.67. The zero-order valence-electron chi connectivity index (χ0n) is 11.9. The molecule has 0 radical (unpaired) electrons. The number of ether oxygens (including phenoxy) is 2. The van der Waals surface area contributed by atoms with Crippen LogP contribution in [0.25, 0.3) is 0 Å². The van der Waals surface area contributed by atoms with Gasteiger partial charge in [-0.15, -0.1) is 0 Å². The molecule has 1 fully saturated rings. The molecule has 108 valence electrons. The number of nitrogens with one attached hydrogen (secondary N) is 2. The number of carbonyl (C=O) groups excluding carboxylic acids is 1. The van der Waals surface area contributed by atoms with Crippen LogP contribution in [0.4, 0.5) is 0 Å². The molecule has 0 aliphatic carbocycles. The summed E-state index contributed by atoms with van der Waals surface area (Å²) in [5.74, 6) is 1.56. The molecule has 0 aromatic heterocycles. The number of fused-ring (bicyclic) bond motifs is 1. The summed E-state index contributed by atoms with van der Waals surface area (Å²) in [4.78, 5) is 12.4. The van der Waals surface area contributed by atoms with Crippen LogP contribution >= 0.6 is 0 Å². The van der Waals surface area contributed by atoms with E-state index in [1.807, 2.05) is 32.0 Å². The lowest BCUT2D eigenvalue weighted by molar-refractivity contribution is -0.127.